The number of nitrogens with zero attached hydrogens (tertiary/aromatic N) is 2. The molecule has 0 unspecified atom stereocenters. The van der Waals surface area contributed by atoms with Crippen molar-refractivity contribution in [3.05, 3.63) is 50.1 Å². The lowest BCUT2D eigenvalue weighted by Crippen LogP contribution is -2.19. The SMILES string of the molecule is CC(C)(C)CNc1cc([N+](=O)[O-])ccc1OCCCS(=O)(=O)O.CCCCOc1cc(OCCCS(=O)(=O)O)c([N+](=O)[O-])c(OCCC)c1C(C)(C)C.O=S(=O)=O. The van der Waals surface area contributed by atoms with E-state index in [9.17, 15) is 37.1 Å². The van der Waals surface area contributed by atoms with Gasteiger partial charge in [0.25, 0.3) is 25.9 Å². The van der Waals surface area contributed by atoms with E-state index in [1.54, 1.807) is 0 Å². The van der Waals surface area contributed by atoms with Gasteiger partial charge in [0.2, 0.25) is 11.5 Å². The third-order valence-corrected chi connectivity index (χ3v) is 8.52. The second-order valence-electron chi connectivity index (χ2n) is 14.5. The van der Waals surface area contributed by atoms with Crippen LogP contribution in [0, 0.1) is 25.6 Å². The van der Waals surface area contributed by atoms with E-state index < -0.39 is 57.6 Å². The van der Waals surface area contributed by atoms with Crippen molar-refractivity contribution in [3.63, 3.8) is 0 Å². The molecule has 0 saturated heterocycles. The van der Waals surface area contributed by atoms with Gasteiger partial charge in [-0.3, -0.25) is 29.3 Å². The van der Waals surface area contributed by atoms with Crippen molar-refractivity contribution < 1.29 is 67.4 Å². The number of rotatable bonds is 21. The van der Waals surface area contributed by atoms with Gasteiger partial charge in [-0.25, -0.2) is 0 Å². The quantitative estimate of drug-likeness (QED) is 0.0542. The topological polar surface area (TPSA) is 295 Å². The number of hydrogen-bond acceptors (Lipinski definition) is 16. The van der Waals surface area contributed by atoms with Crippen molar-refractivity contribution >= 4 is 47.9 Å². The number of non-ortho nitro benzene ring substituents is 1. The van der Waals surface area contributed by atoms with Gasteiger partial charge in [-0.2, -0.15) is 16.8 Å². The van der Waals surface area contributed by atoms with Crippen LogP contribution in [0.2, 0.25) is 0 Å². The van der Waals surface area contributed by atoms with Gasteiger partial charge in [0, 0.05) is 30.3 Å². The van der Waals surface area contributed by atoms with Crippen molar-refractivity contribution in [2.75, 3.05) is 49.8 Å². The fraction of sp³-hybridized carbons (Fsp3) is 0.647. The molecule has 2 rings (SSSR count). The van der Waals surface area contributed by atoms with Crippen LogP contribution in [0.1, 0.15) is 93.1 Å². The highest BCUT2D eigenvalue weighted by Crippen LogP contribution is 2.50. The maximum atomic E-state index is 11.9. The van der Waals surface area contributed by atoms with Gasteiger partial charge < -0.3 is 24.3 Å². The maximum Gasteiger partial charge on any atom is 0.425 e. The summed E-state index contributed by atoms with van der Waals surface area (Å²) < 4.78 is 109. The zero-order chi connectivity index (χ0) is 44.2. The van der Waals surface area contributed by atoms with Crippen molar-refractivity contribution in [2.24, 2.45) is 5.41 Å². The van der Waals surface area contributed by atoms with Crippen molar-refractivity contribution in [2.45, 2.75) is 92.9 Å². The highest BCUT2D eigenvalue weighted by molar-refractivity contribution is 7.86. The summed E-state index contributed by atoms with van der Waals surface area (Å²) >= 11 is 0. The van der Waals surface area contributed by atoms with Crippen LogP contribution in [-0.2, 0) is 36.3 Å². The van der Waals surface area contributed by atoms with Crippen molar-refractivity contribution in [1.29, 1.82) is 0 Å². The van der Waals surface area contributed by atoms with E-state index in [0.717, 1.165) is 12.8 Å². The molecule has 0 bridgehead atoms. The molecule has 0 saturated carbocycles. The van der Waals surface area contributed by atoms with Crippen LogP contribution in [0.25, 0.3) is 0 Å². The Morgan fingerprint density at radius 1 is 0.702 bits per heavy atom. The third kappa shape index (κ3) is 23.5. The van der Waals surface area contributed by atoms with Gasteiger partial charge in [-0.1, -0.05) is 61.8 Å². The molecule has 57 heavy (non-hydrogen) atoms. The molecule has 0 fully saturated rings. The Hall–Kier alpha value is -4.32. The Morgan fingerprint density at radius 3 is 1.61 bits per heavy atom. The Labute approximate surface area is 335 Å². The maximum absolute atomic E-state index is 11.9. The summed E-state index contributed by atoms with van der Waals surface area (Å²) in [6.45, 7) is 17.0. The fourth-order valence-corrected chi connectivity index (χ4v) is 5.45. The largest absolute Gasteiger partial charge is 0.493 e. The third-order valence-electron chi connectivity index (χ3n) is 6.91. The number of nitrogens with one attached hydrogen (secondary N) is 1. The van der Waals surface area contributed by atoms with Crippen LogP contribution in [-0.4, -0.2) is 92.9 Å². The predicted octanol–water partition coefficient (Wildman–Crippen LogP) is 6.22. The number of nitro groups is 2. The summed E-state index contributed by atoms with van der Waals surface area (Å²) in [5.41, 5.74) is 0.144. The van der Waals surface area contributed by atoms with Crippen LogP contribution in [0.5, 0.6) is 23.0 Å². The average Bonchev–Trinajstić information content (AvgIpc) is 3.05. The summed E-state index contributed by atoms with van der Waals surface area (Å²) in [4.78, 5) is 21.7. The van der Waals surface area contributed by atoms with E-state index in [1.165, 1.54) is 24.3 Å². The van der Waals surface area contributed by atoms with Crippen LogP contribution in [0.15, 0.2) is 24.3 Å². The Kier molecular flexibility index (Phi) is 22.6. The molecule has 3 N–H and O–H groups in total. The molecule has 0 aromatic heterocycles. The second kappa shape index (κ2) is 24.5. The molecule has 23 heteroatoms. The van der Waals surface area contributed by atoms with E-state index >= 15 is 0 Å². The number of ether oxygens (including phenoxy) is 4. The van der Waals surface area contributed by atoms with Gasteiger partial charge in [0.05, 0.1) is 53.5 Å². The summed E-state index contributed by atoms with van der Waals surface area (Å²) in [5.74, 6) is -0.00771. The smallest absolute Gasteiger partial charge is 0.425 e. The van der Waals surface area contributed by atoms with E-state index in [2.05, 4.69) is 5.32 Å². The summed E-state index contributed by atoms with van der Waals surface area (Å²) in [6, 6.07) is 5.64. The molecule has 20 nitrogen and oxygen atoms in total. The Bertz CT molecular complexity index is 1940. The van der Waals surface area contributed by atoms with Crippen molar-refractivity contribution in [1.82, 2.24) is 0 Å². The molecule has 0 amide bonds. The van der Waals surface area contributed by atoms with E-state index in [4.69, 9.17) is 40.7 Å². The molecule has 0 atom stereocenters. The van der Waals surface area contributed by atoms with Gasteiger partial charge in [0.1, 0.15) is 11.5 Å². The van der Waals surface area contributed by atoms with Crippen LogP contribution in [0.3, 0.4) is 0 Å². The summed E-state index contributed by atoms with van der Waals surface area (Å²) in [5, 5.41) is 25.9. The number of benzene rings is 2. The molecule has 2 aromatic carbocycles. The molecule has 0 aliphatic heterocycles. The van der Waals surface area contributed by atoms with E-state index in [1.807, 2.05) is 55.4 Å². The first-order chi connectivity index (χ1) is 26.1. The van der Waals surface area contributed by atoms with Crippen molar-refractivity contribution in [3.8, 4) is 23.0 Å². The summed E-state index contributed by atoms with van der Waals surface area (Å²) in [7, 11) is -11.3. The zero-order valence-electron chi connectivity index (χ0n) is 33.4. The highest BCUT2D eigenvalue weighted by atomic mass is 32.2. The molecule has 0 aliphatic carbocycles. The van der Waals surface area contributed by atoms with E-state index in [0.29, 0.717) is 42.3 Å². The zero-order valence-corrected chi connectivity index (χ0v) is 35.9. The summed E-state index contributed by atoms with van der Waals surface area (Å²) in [6.07, 6.45) is 2.50. The minimum atomic E-state index is -4.14. The van der Waals surface area contributed by atoms with Crippen LogP contribution in [0.4, 0.5) is 17.1 Å². The molecule has 2 aromatic rings. The van der Waals surface area contributed by atoms with Gasteiger partial charge in [0.15, 0.2) is 0 Å². The number of anilines is 1. The van der Waals surface area contributed by atoms with Crippen LogP contribution >= 0.6 is 0 Å². The fourth-order valence-electron chi connectivity index (χ4n) is 4.48. The number of hydrogen-bond donors (Lipinski definition) is 3. The molecule has 0 spiro atoms. The standard InChI is InChI=1S/C20H33NO8S.C14H22N2O6S.O3S/c1-6-8-11-27-15-14-16(28-12-9-13-30(24,25)26)18(21(22)23)19(29-10-7-2)17(15)20(3,4)5;1-14(2,3)10-15-12-9-11(16(17)18)5-6-13(12)22-7-4-8-23(19,20)21;1-4(2)3/h14H,6-13H2,1-5H3,(H,24,25,26);5-6,9,15H,4,7-8,10H2,1-3H3,(H,19,20,21);. The minimum absolute atomic E-state index is 0.0197. The van der Waals surface area contributed by atoms with Gasteiger partial charge in [-0.05, 0) is 42.6 Å². The molecular weight excluding hydrogens is 819 g/mol. The van der Waals surface area contributed by atoms with Gasteiger partial charge >= 0.3 is 16.3 Å². The predicted molar refractivity (Wildman–Crippen MR) is 212 cm³/mol. The first kappa shape index (κ1) is 52.7. The lowest BCUT2D eigenvalue weighted by molar-refractivity contribution is -0.387. The minimum Gasteiger partial charge on any atom is -0.493 e. The highest BCUT2D eigenvalue weighted by Gasteiger charge is 2.35. The van der Waals surface area contributed by atoms with Gasteiger partial charge in [-0.15, -0.1) is 12.6 Å². The first-order valence-electron chi connectivity index (χ1n) is 17.7. The van der Waals surface area contributed by atoms with Crippen LogP contribution < -0.4 is 24.3 Å². The number of unbranched alkanes of at least 4 members (excludes halogenated alkanes) is 1. The molecule has 326 valence electrons. The average molecular weight is 874 g/mol. The lowest BCUT2D eigenvalue weighted by Gasteiger charge is -2.26. The molecule has 0 radical (unpaired) electrons. The molecular formula is C34H55N3O17S3. The van der Waals surface area contributed by atoms with E-state index in [-0.39, 0.29) is 61.0 Å². The monoisotopic (exact) mass is 873 g/mol. The second-order valence-corrected chi connectivity index (χ2v) is 18.1. The Morgan fingerprint density at radius 2 is 1.19 bits per heavy atom. The molecule has 0 heterocycles. The number of nitro benzene ring substituents is 2. The normalized spacial score (nSPS) is 11.5. The lowest BCUT2D eigenvalue weighted by atomic mass is 9.84. The Balaban J connectivity index is 0.00000103. The first-order valence-corrected chi connectivity index (χ1v) is 21.9. The molecule has 0 aliphatic rings.